The third-order valence-corrected chi connectivity index (χ3v) is 3.56. The predicted molar refractivity (Wildman–Crippen MR) is 88.5 cm³/mol. The van der Waals surface area contributed by atoms with Crippen LogP contribution in [0.25, 0.3) is 0 Å². The fourth-order valence-corrected chi connectivity index (χ4v) is 2.16. The molecule has 0 radical (unpaired) electrons. The number of ether oxygens (including phenoxy) is 2. The number of hydrogen-bond acceptors (Lipinski definition) is 5. The minimum absolute atomic E-state index is 0.0818. The average Bonchev–Trinajstić information content (AvgIpc) is 2.64. The average molecular weight is 349 g/mol. The Balaban J connectivity index is 1.82. The number of benzene rings is 2. The zero-order valence-electron chi connectivity index (χ0n) is 13.7. The van der Waals surface area contributed by atoms with E-state index in [1.807, 2.05) is 18.2 Å². The van der Waals surface area contributed by atoms with E-state index in [2.05, 4.69) is 5.32 Å². The molecule has 0 spiro atoms. The Bertz CT molecular complexity index is 695. The van der Waals surface area contributed by atoms with Crippen LogP contribution in [-0.4, -0.2) is 36.1 Å². The van der Waals surface area contributed by atoms with Gasteiger partial charge in [-0.05, 0) is 17.7 Å². The van der Waals surface area contributed by atoms with Crippen LogP contribution < -0.4 is 10.1 Å². The Morgan fingerprint density at radius 3 is 2.56 bits per heavy atom. The SMILES string of the molecule is COc1ccc(C(O)C(O)CNC(=O)OCc2ccccc2)c(F)c1. The number of methoxy groups -OCH3 is 1. The summed E-state index contributed by atoms with van der Waals surface area (Å²) in [7, 11) is 1.39. The van der Waals surface area contributed by atoms with Crippen molar-refractivity contribution in [2.75, 3.05) is 13.7 Å². The number of halogens is 1. The summed E-state index contributed by atoms with van der Waals surface area (Å²) in [6.07, 6.45) is -3.64. The van der Waals surface area contributed by atoms with Gasteiger partial charge in [-0.1, -0.05) is 30.3 Å². The zero-order chi connectivity index (χ0) is 18.2. The van der Waals surface area contributed by atoms with Crippen molar-refractivity contribution in [1.29, 1.82) is 0 Å². The minimum Gasteiger partial charge on any atom is -0.497 e. The summed E-state index contributed by atoms with van der Waals surface area (Å²) < 4.78 is 23.8. The van der Waals surface area contributed by atoms with Gasteiger partial charge in [0.2, 0.25) is 0 Å². The summed E-state index contributed by atoms with van der Waals surface area (Å²) in [5.74, 6) is -0.414. The van der Waals surface area contributed by atoms with Crippen molar-refractivity contribution in [1.82, 2.24) is 5.32 Å². The lowest BCUT2D eigenvalue weighted by atomic mass is 10.0. The van der Waals surface area contributed by atoms with Crippen LogP contribution >= 0.6 is 0 Å². The molecule has 2 rings (SSSR count). The maximum Gasteiger partial charge on any atom is 0.407 e. The highest BCUT2D eigenvalue weighted by Gasteiger charge is 2.22. The number of aliphatic hydroxyl groups is 2. The lowest BCUT2D eigenvalue weighted by Crippen LogP contribution is -2.36. The molecular formula is C18H20FNO5. The van der Waals surface area contributed by atoms with Gasteiger partial charge in [-0.3, -0.25) is 0 Å². The number of hydrogen-bond donors (Lipinski definition) is 3. The molecule has 0 saturated heterocycles. The number of nitrogens with one attached hydrogen (secondary N) is 1. The molecule has 2 atom stereocenters. The molecule has 0 aliphatic carbocycles. The second-order valence-corrected chi connectivity index (χ2v) is 5.34. The van der Waals surface area contributed by atoms with Gasteiger partial charge >= 0.3 is 6.09 Å². The first-order valence-corrected chi connectivity index (χ1v) is 7.65. The first-order valence-electron chi connectivity index (χ1n) is 7.65. The zero-order valence-corrected chi connectivity index (χ0v) is 13.7. The van der Waals surface area contributed by atoms with E-state index in [0.29, 0.717) is 5.75 Å². The maximum atomic E-state index is 13.9. The summed E-state index contributed by atoms with van der Waals surface area (Å²) in [5, 5.41) is 22.3. The van der Waals surface area contributed by atoms with Crippen molar-refractivity contribution in [3.05, 3.63) is 65.5 Å². The van der Waals surface area contributed by atoms with Crippen LogP contribution in [0.3, 0.4) is 0 Å². The van der Waals surface area contributed by atoms with Crippen molar-refractivity contribution in [3.63, 3.8) is 0 Å². The van der Waals surface area contributed by atoms with E-state index >= 15 is 0 Å². The first kappa shape index (κ1) is 18.7. The summed E-state index contributed by atoms with van der Waals surface area (Å²) in [5.41, 5.74) is 0.728. The summed E-state index contributed by atoms with van der Waals surface area (Å²) in [6.45, 7) is -0.210. The molecule has 1 amide bonds. The third-order valence-electron chi connectivity index (χ3n) is 3.56. The van der Waals surface area contributed by atoms with Crippen LogP contribution in [0.1, 0.15) is 17.2 Å². The molecule has 0 heterocycles. The number of aliphatic hydroxyl groups excluding tert-OH is 2. The Kier molecular flexibility index (Phi) is 6.73. The molecule has 0 aromatic heterocycles. The molecule has 2 unspecified atom stereocenters. The van der Waals surface area contributed by atoms with E-state index in [4.69, 9.17) is 9.47 Å². The van der Waals surface area contributed by atoms with Crippen LogP contribution in [0.15, 0.2) is 48.5 Å². The van der Waals surface area contributed by atoms with E-state index in [0.717, 1.165) is 11.6 Å². The number of carbonyl (C=O) groups is 1. The van der Waals surface area contributed by atoms with Gasteiger partial charge in [-0.25, -0.2) is 9.18 Å². The van der Waals surface area contributed by atoms with Gasteiger partial charge in [-0.15, -0.1) is 0 Å². The molecule has 2 aromatic carbocycles. The lowest BCUT2D eigenvalue weighted by Gasteiger charge is -2.19. The van der Waals surface area contributed by atoms with Gasteiger partial charge in [0.25, 0.3) is 0 Å². The molecule has 0 bridgehead atoms. The molecule has 0 aliphatic rings. The second kappa shape index (κ2) is 9.00. The molecule has 6 nitrogen and oxygen atoms in total. The predicted octanol–water partition coefficient (Wildman–Crippen LogP) is 2.16. The molecule has 2 aromatic rings. The van der Waals surface area contributed by atoms with Gasteiger partial charge < -0.3 is 25.0 Å². The van der Waals surface area contributed by atoms with Gasteiger partial charge in [0.1, 0.15) is 30.4 Å². The summed E-state index contributed by atoms with van der Waals surface area (Å²) in [6, 6.07) is 13.0. The molecule has 0 fully saturated rings. The van der Waals surface area contributed by atoms with Crippen molar-refractivity contribution < 1.29 is 28.9 Å². The number of rotatable bonds is 7. The van der Waals surface area contributed by atoms with Crippen LogP contribution in [0.4, 0.5) is 9.18 Å². The Hall–Kier alpha value is -2.64. The van der Waals surface area contributed by atoms with Gasteiger partial charge in [0.15, 0.2) is 0 Å². The van der Waals surface area contributed by atoms with E-state index < -0.39 is 24.1 Å². The van der Waals surface area contributed by atoms with Crippen molar-refractivity contribution in [2.24, 2.45) is 0 Å². The fourth-order valence-electron chi connectivity index (χ4n) is 2.16. The summed E-state index contributed by atoms with van der Waals surface area (Å²) in [4.78, 5) is 11.6. The van der Waals surface area contributed by atoms with Gasteiger partial charge in [0.05, 0.1) is 7.11 Å². The fraction of sp³-hybridized carbons (Fsp3) is 0.278. The van der Waals surface area contributed by atoms with Crippen molar-refractivity contribution in [2.45, 2.75) is 18.8 Å². The van der Waals surface area contributed by atoms with E-state index in [1.54, 1.807) is 12.1 Å². The van der Waals surface area contributed by atoms with Crippen LogP contribution in [0.5, 0.6) is 5.75 Å². The van der Waals surface area contributed by atoms with Crippen LogP contribution in [0, 0.1) is 5.82 Å². The highest BCUT2D eigenvalue weighted by atomic mass is 19.1. The molecule has 7 heteroatoms. The van der Waals surface area contributed by atoms with E-state index in [1.165, 1.54) is 19.2 Å². The Labute approximate surface area is 144 Å². The monoisotopic (exact) mass is 349 g/mol. The van der Waals surface area contributed by atoms with Crippen molar-refractivity contribution in [3.8, 4) is 5.75 Å². The number of carbonyl (C=O) groups excluding carboxylic acids is 1. The molecule has 25 heavy (non-hydrogen) atoms. The smallest absolute Gasteiger partial charge is 0.407 e. The molecular weight excluding hydrogens is 329 g/mol. The largest absolute Gasteiger partial charge is 0.497 e. The van der Waals surface area contributed by atoms with E-state index in [9.17, 15) is 19.4 Å². The number of alkyl carbamates (subject to hydrolysis) is 1. The number of amides is 1. The Morgan fingerprint density at radius 2 is 1.92 bits per heavy atom. The molecule has 3 N–H and O–H groups in total. The highest BCUT2D eigenvalue weighted by molar-refractivity contribution is 5.67. The second-order valence-electron chi connectivity index (χ2n) is 5.34. The maximum absolute atomic E-state index is 13.9. The van der Waals surface area contributed by atoms with Crippen LogP contribution in [-0.2, 0) is 11.3 Å². The topological polar surface area (TPSA) is 88.0 Å². The minimum atomic E-state index is -1.50. The molecule has 0 saturated carbocycles. The first-order chi connectivity index (χ1) is 12.0. The van der Waals surface area contributed by atoms with E-state index in [-0.39, 0.29) is 18.7 Å². The Morgan fingerprint density at radius 1 is 1.20 bits per heavy atom. The third kappa shape index (κ3) is 5.44. The van der Waals surface area contributed by atoms with Crippen LogP contribution in [0.2, 0.25) is 0 Å². The lowest BCUT2D eigenvalue weighted by molar-refractivity contribution is 0.0164. The van der Waals surface area contributed by atoms with Gasteiger partial charge in [-0.2, -0.15) is 0 Å². The summed E-state index contributed by atoms with van der Waals surface area (Å²) >= 11 is 0. The quantitative estimate of drug-likeness (QED) is 0.713. The highest BCUT2D eigenvalue weighted by Crippen LogP contribution is 2.24. The molecule has 0 aliphatic heterocycles. The molecule has 134 valence electrons. The van der Waals surface area contributed by atoms with Gasteiger partial charge in [0, 0.05) is 18.2 Å². The van der Waals surface area contributed by atoms with Crippen molar-refractivity contribution >= 4 is 6.09 Å². The normalized spacial score (nSPS) is 13.0. The standard InChI is InChI=1S/C18H20FNO5/c1-24-13-7-8-14(15(19)9-13)17(22)16(21)10-20-18(23)25-11-12-5-3-2-4-6-12/h2-9,16-17,21-22H,10-11H2,1H3,(H,20,23).